The summed E-state index contributed by atoms with van der Waals surface area (Å²) < 4.78 is 5.24. The van der Waals surface area contributed by atoms with Crippen LogP contribution in [0.25, 0.3) is 0 Å². The van der Waals surface area contributed by atoms with Gasteiger partial charge in [0, 0.05) is 6.20 Å². The maximum absolute atomic E-state index is 5.24. The van der Waals surface area contributed by atoms with Gasteiger partial charge in [-0.1, -0.05) is 0 Å². The maximum atomic E-state index is 5.24. The molecule has 0 aromatic carbocycles. The fourth-order valence-corrected chi connectivity index (χ4v) is 1.08. The van der Waals surface area contributed by atoms with Crippen LogP contribution in [0.1, 0.15) is 13.8 Å². The van der Waals surface area contributed by atoms with Crippen LogP contribution >= 0.6 is 0 Å². The maximum Gasteiger partial charge on any atom is 0.158 e. The second-order valence-corrected chi connectivity index (χ2v) is 2.86. The van der Waals surface area contributed by atoms with Crippen LogP contribution in [0.4, 0.5) is 0 Å². The Morgan fingerprint density at radius 2 is 2.20 bits per heavy atom. The van der Waals surface area contributed by atoms with Crippen molar-refractivity contribution in [1.29, 1.82) is 0 Å². The second kappa shape index (κ2) is 1.86. The van der Waals surface area contributed by atoms with Gasteiger partial charge < -0.3 is 10.1 Å². The van der Waals surface area contributed by atoms with Crippen molar-refractivity contribution in [3.8, 4) is 0 Å². The Balaban J connectivity index is 2.25. The molecule has 2 aliphatic heterocycles. The van der Waals surface area contributed by atoms with E-state index in [4.69, 9.17) is 4.74 Å². The molecule has 2 aliphatic rings. The summed E-state index contributed by atoms with van der Waals surface area (Å²) in [6, 6.07) is 0. The molecular weight excluding hydrogens is 126 g/mol. The van der Waals surface area contributed by atoms with E-state index in [1.54, 1.807) is 0 Å². The number of allylic oxidation sites excluding steroid dienone is 2. The lowest BCUT2D eigenvalue weighted by Crippen LogP contribution is -2.10. The minimum atomic E-state index is 0.257. The number of rotatable bonds is 0. The molecule has 1 saturated heterocycles. The molecule has 2 nitrogen and oxygen atoms in total. The van der Waals surface area contributed by atoms with E-state index >= 15 is 0 Å². The topological polar surface area (TPSA) is 24.6 Å². The summed E-state index contributed by atoms with van der Waals surface area (Å²) in [5, 5.41) is 3.16. The van der Waals surface area contributed by atoms with Crippen LogP contribution in [0.2, 0.25) is 0 Å². The zero-order chi connectivity index (χ0) is 7.14. The van der Waals surface area contributed by atoms with Crippen LogP contribution in [-0.2, 0) is 4.74 Å². The molecule has 0 spiro atoms. The van der Waals surface area contributed by atoms with E-state index < -0.39 is 0 Å². The number of epoxide rings is 1. The van der Waals surface area contributed by atoms with Crippen LogP contribution in [0.15, 0.2) is 23.4 Å². The molecule has 0 bridgehead atoms. The molecule has 2 heteroatoms. The largest absolute Gasteiger partial charge is 0.364 e. The van der Waals surface area contributed by atoms with Gasteiger partial charge in [-0.3, -0.25) is 0 Å². The Morgan fingerprint density at radius 1 is 1.40 bits per heavy atom. The Labute approximate surface area is 60.6 Å². The first-order valence-electron chi connectivity index (χ1n) is 3.54. The predicted octanol–water partition coefficient (Wildman–Crippen LogP) is 1.16. The van der Waals surface area contributed by atoms with Gasteiger partial charge in [-0.05, 0) is 31.1 Å². The van der Waals surface area contributed by atoms with Crippen molar-refractivity contribution < 1.29 is 4.74 Å². The Bertz CT molecular complexity index is 217. The molecule has 0 aliphatic carbocycles. The highest BCUT2D eigenvalue weighted by Gasteiger charge is 2.37. The molecule has 10 heavy (non-hydrogen) atoms. The van der Waals surface area contributed by atoms with Gasteiger partial charge in [0.25, 0.3) is 0 Å². The highest BCUT2D eigenvalue weighted by Crippen LogP contribution is 2.26. The number of hydrogen-bond acceptors (Lipinski definition) is 2. The predicted molar refractivity (Wildman–Crippen MR) is 39.3 cm³/mol. The van der Waals surface area contributed by atoms with Gasteiger partial charge >= 0.3 is 0 Å². The summed E-state index contributed by atoms with van der Waals surface area (Å²) in [7, 11) is 0. The van der Waals surface area contributed by atoms with Crippen LogP contribution in [-0.4, -0.2) is 12.3 Å². The monoisotopic (exact) mass is 137 g/mol. The first kappa shape index (κ1) is 5.98. The van der Waals surface area contributed by atoms with Crippen molar-refractivity contribution in [3.63, 3.8) is 0 Å². The summed E-state index contributed by atoms with van der Waals surface area (Å²) in [6.45, 7) is 4.21. The number of nitrogens with one attached hydrogen (secondary N) is 1. The Kier molecular flexibility index (Phi) is 1.11. The summed E-state index contributed by atoms with van der Waals surface area (Å²) >= 11 is 0. The summed E-state index contributed by atoms with van der Waals surface area (Å²) in [5.41, 5.74) is 2.62. The normalized spacial score (nSPS) is 36.6. The first-order chi connectivity index (χ1) is 4.77. The van der Waals surface area contributed by atoms with Gasteiger partial charge in [-0.2, -0.15) is 0 Å². The zero-order valence-electron chi connectivity index (χ0n) is 6.22. The van der Waals surface area contributed by atoms with Crippen molar-refractivity contribution in [2.75, 3.05) is 0 Å². The third-order valence-corrected chi connectivity index (χ3v) is 2.03. The molecule has 2 atom stereocenters. The van der Waals surface area contributed by atoms with Crippen LogP contribution in [0.3, 0.4) is 0 Å². The van der Waals surface area contributed by atoms with Crippen molar-refractivity contribution in [2.45, 2.75) is 26.2 Å². The average molecular weight is 137 g/mol. The van der Waals surface area contributed by atoms with Gasteiger partial charge in [-0.25, -0.2) is 0 Å². The van der Waals surface area contributed by atoms with Crippen LogP contribution in [0, 0.1) is 0 Å². The second-order valence-electron chi connectivity index (χ2n) is 2.86. The molecular formula is C8H11NO. The van der Waals surface area contributed by atoms with Gasteiger partial charge in [0.05, 0.1) is 0 Å². The number of fused-ring (bicyclic) bond motifs is 1. The van der Waals surface area contributed by atoms with E-state index in [1.165, 1.54) is 11.1 Å². The van der Waals surface area contributed by atoms with E-state index in [2.05, 4.69) is 25.2 Å². The van der Waals surface area contributed by atoms with E-state index in [-0.39, 0.29) is 6.23 Å². The van der Waals surface area contributed by atoms with E-state index in [9.17, 15) is 0 Å². The zero-order valence-corrected chi connectivity index (χ0v) is 6.22. The lowest BCUT2D eigenvalue weighted by Gasteiger charge is -1.97. The van der Waals surface area contributed by atoms with Gasteiger partial charge in [0.15, 0.2) is 6.23 Å². The molecule has 1 N–H and O–H groups in total. The molecule has 0 aromatic heterocycles. The SMILES string of the molecule is CC1=CNC2OC2C=C1C. The van der Waals surface area contributed by atoms with Crippen LogP contribution in [0.5, 0.6) is 0 Å². The Hall–Kier alpha value is -0.760. The molecule has 2 heterocycles. The molecule has 0 aromatic rings. The smallest absolute Gasteiger partial charge is 0.158 e. The van der Waals surface area contributed by atoms with Crippen molar-refractivity contribution in [1.82, 2.24) is 5.32 Å². The lowest BCUT2D eigenvalue weighted by molar-refractivity contribution is 0.372. The average Bonchev–Trinajstić information content (AvgIpc) is 2.61. The minimum Gasteiger partial charge on any atom is -0.364 e. The van der Waals surface area contributed by atoms with Gasteiger partial charge in [-0.15, -0.1) is 0 Å². The number of hydrogen-bond donors (Lipinski definition) is 1. The summed E-state index contributed by atoms with van der Waals surface area (Å²) in [5.74, 6) is 0. The molecule has 2 unspecified atom stereocenters. The van der Waals surface area contributed by atoms with E-state index in [0.29, 0.717) is 6.10 Å². The lowest BCUT2D eigenvalue weighted by atomic mass is 10.1. The third-order valence-electron chi connectivity index (χ3n) is 2.03. The molecule has 1 fully saturated rings. The molecule has 0 radical (unpaired) electrons. The van der Waals surface area contributed by atoms with E-state index in [1.807, 2.05) is 6.20 Å². The third kappa shape index (κ3) is 0.847. The molecule has 54 valence electrons. The highest BCUT2D eigenvalue weighted by molar-refractivity contribution is 5.31. The minimum absolute atomic E-state index is 0.257. The highest BCUT2D eigenvalue weighted by atomic mass is 16.6. The Morgan fingerprint density at radius 3 is 3.00 bits per heavy atom. The summed E-state index contributed by atoms with van der Waals surface area (Å²) in [6.07, 6.45) is 4.76. The standard InChI is InChI=1S/C8H11NO/c1-5-3-7-8(10-7)9-4-6(5)2/h3-4,7-9H,1-2H3. The van der Waals surface area contributed by atoms with Crippen molar-refractivity contribution in [3.05, 3.63) is 23.4 Å². The van der Waals surface area contributed by atoms with Crippen molar-refractivity contribution >= 4 is 0 Å². The van der Waals surface area contributed by atoms with Gasteiger partial charge in [0.2, 0.25) is 0 Å². The molecule has 0 amide bonds. The fraction of sp³-hybridized carbons (Fsp3) is 0.500. The first-order valence-corrected chi connectivity index (χ1v) is 3.54. The van der Waals surface area contributed by atoms with Crippen molar-refractivity contribution in [2.24, 2.45) is 0 Å². The molecule has 0 saturated carbocycles. The fourth-order valence-electron chi connectivity index (χ4n) is 1.08. The summed E-state index contributed by atoms with van der Waals surface area (Å²) in [4.78, 5) is 0. The quantitative estimate of drug-likeness (QED) is 0.507. The molecule has 2 rings (SSSR count). The van der Waals surface area contributed by atoms with E-state index in [0.717, 1.165) is 0 Å². The van der Waals surface area contributed by atoms with Crippen LogP contribution < -0.4 is 5.32 Å². The van der Waals surface area contributed by atoms with Gasteiger partial charge in [0.1, 0.15) is 6.10 Å². The number of ether oxygens (including phenoxy) is 1.